The van der Waals surface area contributed by atoms with Crippen LogP contribution in [0.5, 0.6) is 0 Å². The van der Waals surface area contributed by atoms with Crippen LogP contribution in [0.3, 0.4) is 0 Å². The van der Waals surface area contributed by atoms with Crippen molar-refractivity contribution in [2.24, 2.45) is 5.73 Å². The van der Waals surface area contributed by atoms with Crippen molar-refractivity contribution in [1.82, 2.24) is 10.1 Å². The lowest BCUT2D eigenvalue weighted by molar-refractivity contribution is 0.372. The summed E-state index contributed by atoms with van der Waals surface area (Å²) in [6.07, 6.45) is 3.73. The molecular weight excluding hydrogens is 302 g/mol. The van der Waals surface area contributed by atoms with E-state index in [0.29, 0.717) is 11.4 Å². The molecule has 7 heteroatoms. The summed E-state index contributed by atoms with van der Waals surface area (Å²) in [6, 6.07) is 6.68. The molecule has 2 aromatic rings. The van der Waals surface area contributed by atoms with E-state index in [0.717, 1.165) is 25.7 Å². The summed E-state index contributed by atoms with van der Waals surface area (Å²) in [5, 5.41) is 3.99. The molecule has 3 rings (SSSR count). The molecule has 1 aliphatic carbocycles. The molecule has 2 N–H and O–H groups in total. The van der Waals surface area contributed by atoms with Gasteiger partial charge in [0.15, 0.2) is 15.7 Å². The summed E-state index contributed by atoms with van der Waals surface area (Å²) >= 11 is 0. The molecule has 6 nitrogen and oxygen atoms in total. The van der Waals surface area contributed by atoms with Gasteiger partial charge in [0.05, 0.1) is 21.8 Å². The quantitative estimate of drug-likeness (QED) is 0.927. The van der Waals surface area contributed by atoms with E-state index in [1.165, 1.54) is 0 Å². The summed E-state index contributed by atoms with van der Waals surface area (Å²) in [6.45, 7) is 1.61. The zero-order valence-corrected chi connectivity index (χ0v) is 13.3. The Morgan fingerprint density at radius 1 is 1.27 bits per heavy atom. The van der Waals surface area contributed by atoms with Gasteiger partial charge in [0, 0.05) is 0 Å². The Morgan fingerprint density at radius 3 is 2.64 bits per heavy atom. The Morgan fingerprint density at radius 2 is 1.95 bits per heavy atom. The van der Waals surface area contributed by atoms with Gasteiger partial charge in [-0.1, -0.05) is 37.1 Å². The highest BCUT2D eigenvalue weighted by molar-refractivity contribution is 7.91. The van der Waals surface area contributed by atoms with Crippen LogP contribution in [-0.2, 0) is 15.4 Å². The number of nitrogens with zero attached hydrogens (tertiary/aromatic N) is 2. The van der Waals surface area contributed by atoms with Crippen molar-refractivity contribution in [2.45, 2.75) is 43.0 Å². The van der Waals surface area contributed by atoms with Crippen LogP contribution in [0, 0.1) is 0 Å². The first-order chi connectivity index (χ1) is 10.5. The fraction of sp³-hybridized carbons (Fsp3) is 0.467. The molecule has 0 radical (unpaired) electrons. The molecule has 1 aromatic heterocycles. The lowest BCUT2D eigenvalue weighted by Crippen LogP contribution is -2.34. The van der Waals surface area contributed by atoms with E-state index in [-0.39, 0.29) is 16.5 Å². The largest absolute Gasteiger partial charge is 0.334 e. The van der Waals surface area contributed by atoms with Crippen LogP contribution >= 0.6 is 0 Å². The molecule has 118 valence electrons. The van der Waals surface area contributed by atoms with Crippen LogP contribution in [0.1, 0.15) is 38.4 Å². The number of nitrogens with two attached hydrogens (primary N) is 1. The summed E-state index contributed by atoms with van der Waals surface area (Å²) in [5.41, 5.74) is 6.20. The molecule has 1 aliphatic rings. The van der Waals surface area contributed by atoms with Gasteiger partial charge in [-0.15, -0.1) is 0 Å². The standard InChI is InChI=1S/C15H19N3O3S/c1-2-22(19,20)12-8-4-3-7-11(12)13-17-14(18-21-13)15(16)9-5-6-10-15/h3-4,7-8H,2,5-6,9-10,16H2,1H3. The first-order valence-corrected chi connectivity index (χ1v) is 9.07. The summed E-state index contributed by atoms with van der Waals surface area (Å²) in [5.74, 6) is 0.689. The summed E-state index contributed by atoms with van der Waals surface area (Å²) in [7, 11) is -3.36. The molecule has 0 spiro atoms. The topological polar surface area (TPSA) is 99.1 Å². The number of hydrogen-bond donors (Lipinski definition) is 1. The van der Waals surface area contributed by atoms with E-state index < -0.39 is 15.4 Å². The van der Waals surface area contributed by atoms with Gasteiger partial charge >= 0.3 is 0 Å². The van der Waals surface area contributed by atoms with Crippen molar-refractivity contribution in [2.75, 3.05) is 5.75 Å². The predicted molar refractivity (Wildman–Crippen MR) is 81.8 cm³/mol. The Balaban J connectivity index is 2.05. The molecule has 0 unspecified atom stereocenters. The van der Waals surface area contributed by atoms with Crippen LogP contribution in [0.15, 0.2) is 33.7 Å². The smallest absolute Gasteiger partial charge is 0.259 e. The molecule has 1 aromatic carbocycles. The highest BCUT2D eigenvalue weighted by atomic mass is 32.2. The molecule has 0 atom stereocenters. The maximum absolute atomic E-state index is 12.2. The third-order valence-electron chi connectivity index (χ3n) is 4.20. The van der Waals surface area contributed by atoms with Crippen molar-refractivity contribution in [1.29, 1.82) is 0 Å². The predicted octanol–water partition coefficient (Wildman–Crippen LogP) is 2.26. The van der Waals surface area contributed by atoms with Crippen molar-refractivity contribution in [3.63, 3.8) is 0 Å². The summed E-state index contributed by atoms with van der Waals surface area (Å²) < 4.78 is 29.7. The Bertz CT molecular complexity index is 777. The first kappa shape index (κ1) is 15.2. The van der Waals surface area contributed by atoms with Crippen molar-refractivity contribution < 1.29 is 12.9 Å². The number of sulfone groups is 1. The van der Waals surface area contributed by atoms with E-state index in [9.17, 15) is 8.42 Å². The fourth-order valence-corrected chi connectivity index (χ4v) is 3.92. The van der Waals surface area contributed by atoms with Crippen molar-refractivity contribution in [3.05, 3.63) is 30.1 Å². The van der Waals surface area contributed by atoms with Crippen LogP contribution < -0.4 is 5.73 Å². The molecule has 0 bridgehead atoms. The zero-order valence-electron chi connectivity index (χ0n) is 12.4. The highest BCUT2D eigenvalue weighted by Crippen LogP contribution is 2.36. The minimum absolute atomic E-state index is 0.0197. The Hall–Kier alpha value is -1.73. The van der Waals surface area contributed by atoms with Crippen LogP contribution in [-0.4, -0.2) is 24.3 Å². The minimum atomic E-state index is -3.36. The molecule has 1 fully saturated rings. The SMILES string of the molecule is CCS(=O)(=O)c1ccccc1-c1nc(C2(N)CCCC2)no1. The summed E-state index contributed by atoms with van der Waals surface area (Å²) in [4.78, 5) is 4.59. The maximum atomic E-state index is 12.2. The van der Waals surface area contributed by atoms with E-state index in [4.69, 9.17) is 10.3 Å². The normalized spacial score (nSPS) is 17.7. The maximum Gasteiger partial charge on any atom is 0.259 e. The second kappa shape index (κ2) is 5.48. The Kier molecular flexibility index (Phi) is 3.78. The van der Waals surface area contributed by atoms with Gasteiger partial charge in [-0.3, -0.25) is 0 Å². The average Bonchev–Trinajstić information content (AvgIpc) is 3.17. The number of rotatable bonds is 4. The number of hydrogen-bond acceptors (Lipinski definition) is 6. The van der Waals surface area contributed by atoms with Gasteiger partial charge in [0.2, 0.25) is 0 Å². The monoisotopic (exact) mass is 321 g/mol. The van der Waals surface area contributed by atoms with Gasteiger partial charge in [-0.05, 0) is 25.0 Å². The second-order valence-electron chi connectivity index (χ2n) is 5.69. The van der Waals surface area contributed by atoms with Gasteiger partial charge in [0.25, 0.3) is 5.89 Å². The van der Waals surface area contributed by atoms with E-state index in [2.05, 4.69) is 10.1 Å². The minimum Gasteiger partial charge on any atom is -0.334 e. The Labute approximate surface area is 129 Å². The average molecular weight is 321 g/mol. The number of benzene rings is 1. The van der Waals surface area contributed by atoms with E-state index in [1.54, 1.807) is 31.2 Å². The van der Waals surface area contributed by atoms with Crippen LogP contribution in [0.4, 0.5) is 0 Å². The molecule has 1 heterocycles. The second-order valence-corrected chi connectivity index (χ2v) is 7.93. The number of aromatic nitrogens is 2. The van der Waals surface area contributed by atoms with Crippen molar-refractivity contribution in [3.8, 4) is 11.5 Å². The molecular formula is C15H19N3O3S. The third-order valence-corrected chi connectivity index (χ3v) is 5.99. The fourth-order valence-electron chi connectivity index (χ4n) is 2.83. The van der Waals surface area contributed by atoms with Crippen LogP contribution in [0.2, 0.25) is 0 Å². The molecule has 0 amide bonds. The van der Waals surface area contributed by atoms with E-state index >= 15 is 0 Å². The first-order valence-electron chi connectivity index (χ1n) is 7.41. The lowest BCUT2D eigenvalue weighted by Gasteiger charge is -2.17. The molecule has 1 saturated carbocycles. The zero-order chi connectivity index (χ0) is 15.8. The van der Waals surface area contributed by atoms with Gasteiger partial charge in [-0.25, -0.2) is 8.42 Å². The third kappa shape index (κ3) is 2.55. The van der Waals surface area contributed by atoms with Crippen molar-refractivity contribution >= 4 is 9.84 Å². The molecule has 0 saturated heterocycles. The van der Waals surface area contributed by atoms with Crippen LogP contribution in [0.25, 0.3) is 11.5 Å². The van der Waals surface area contributed by atoms with Gasteiger partial charge in [-0.2, -0.15) is 4.98 Å². The van der Waals surface area contributed by atoms with Gasteiger partial charge < -0.3 is 10.3 Å². The molecule has 0 aliphatic heterocycles. The van der Waals surface area contributed by atoms with E-state index in [1.807, 2.05) is 0 Å². The van der Waals surface area contributed by atoms with Gasteiger partial charge in [0.1, 0.15) is 0 Å². The highest BCUT2D eigenvalue weighted by Gasteiger charge is 2.36. The lowest BCUT2D eigenvalue weighted by atomic mass is 9.99. The molecule has 22 heavy (non-hydrogen) atoms.